The van der Waals surface area contributed by atoms with Gasteiger partial charge >= 0.3 is 0 Å². The van der Waals surface area contributed by atoms with Crippen LogP contribution in [0.2, 0.25) is 0 Å². The highest BCUT2D eigenvalue weighted by Crippen LogP contribution is 2.26. The Morgan fingerprint density at radius 1 is 1.31 bits per heavy atom. The number of aliphatic hydroxyl groups is 1. The summed E-state index contributed by atoms with van der Waals surface area (Å²) in [5.74, 6) is -0.597. The van der Waals surface area contributed by atoms with Gasteiger partial charge in [-0.15, -0.1) is 0 Å². The molecule has 3 N–H and O–H groups in total. The molecule has 1 amide bonds. The number of anilines is 1. The lowest BCUT2D eigenvalue weighted by molar-refractivity contribution is -0.00177. The fraction of sp³-hybridized carbons (Fsp3) is 0.318. The number of hydrogen-bond acceptors (Lipinski definition) is 7. The summed E-state index contributed by atoms with van der Waals surface area (Å²) in [4.78, 5) is 17.0. The average molecular weight is 435 g/mol. The number of aromatic nitrogens is 3. The molecule has 3 rings (SSSR count). The Morgan fingerprint density at radius 2 is 2.06 bits per heavy atom. The molecule has 0 saturated carbocycles. The van der Waals surface area contributed by atoms with Gasteiger partial charge in [0.1, 0.15) is 18.3 Å². The zero-order valence-electron chi connectivity index (χ0n) is 17.8. The van der Waals surface area contributed by atoms with Crippen LogP contribution in [0.1, 0.15) is 36.7 Å². The minimum atomic E-state index is -1.66. The van der Waals surface area contributed by atoms with Crippen molar-refractivity contribution in [3.63, 3.8) is 0 Å². The molecule has 0 bridgehead atoms. The van der Waals surface area contributed by atoms with Gasteiger partial charge < -0.3 is 15.7 Å². The molecular weight excluding hydrogens is 413 g/mol. The van der Waals surface area contributed by atoms with E-state index in [-0.39, 0.29) is 12.1 Å². The van der Waals surface area contributed by atoms with E-state index in [2.05, 4.69) is 20.7 Å². The highest BCUT2D eigenvalue weighted by molar-refractivity contribution is 6.00. The van der Waals surface area contributed by atoms with E-state index in [9.17, 15) is 19.6 Å². The van der Waals surface area contributed by atoms with Crippen LogP contribution in [0, 0.1) is 22.7 Å². The lowest BCUT2D eigenvalue weighted by Gasteiger charge is -2.22. The molecule has 1 unspecified atom stereocenters. The van der Waals surface area contributed by atoms with Crippen LogP contribution < -0.4 is 10.6 Å². The second kappa shape index (κ2) is 9.00. The van der Waals surface area contributed by atoms with E-state index in [1.54, 1.807) is 35.7 Å². The van der Waals surface area contributed by atoms with Crippen molar-refractivity contribution in [3.8, 4) is 23.5 Å². The topological polar surface area (TPSA) is 139 Å². The largest absolute Gasteiger partial charge is 0.387 e. The third-order valence-electron chi connectivity index (χ3n) is 4.81. The summed E-state index contributed by atoms with van der Waals surface area (Å²) in [7, 11) is 0. The number of nitrogens with one attached hydrogen (secondary N) is 2. The van der Waals surface area contributed by atoms with E-state index >= 15 is 0 Å². The second-order valence-corrected chi connectivity index (χ2v) is 7.85. The summed E-state index contributed by atoms with van der Waals surface area (Å²) >= 11 is 0. The Labute approximate surface area is 184 Å². The lowest BCUT2D eigenvalue weighted by atomic mass is 10.0. The molecule has 0 aromatic carbocycles. The standard InChI is InChI=1S/C22H22FN7O2/c1-13(8-24)29-17-7-18(19-5-4-15-6-14(9-25)10-28-30(15)19)26-11-16(17)21(31)27-12-20(23)22(2,3)32/h4-7,10-11,13,20,32H,12H2,1-3H3,(H,26,29)(H,27,31)/t13-,20?/m1/s1. The number of amides is 1. The van der Waals surface area contributed by atoms with E-state index in [1.165, 1.54) is 26.2 Å². The zero-order valence-corrected chi connectivity index (χ0v) is 17.8. The Kier molecular flexibility index (Phi) is 6.37. The number of hydrogen-bond donors (Lipinski definition) is 3. The Bertz CT molecular complexity index is 1230. The number of carbonyl (C=O) groups excluding carboxylic acids is 1. The Hall–Kier alpha value is -4.02. The quantitative estimate of drug-likeness (QED) is 0.518. The molecule has 0 aliphatic rings. The first-order valence-corrected chi connectivity index (χ1v) is 9.83. The van der Waals surface area contributed by atoms with Gasteiger partial charge in [0.15, 0.2) is 0 Å². The summed E-state index contributed by atoms with van der Waals surface area (Å²) < 4.78 is 15.6. The van der Waals surface area contributed by atoms with Gasteiger partial charge in [0.05, 0.1) is 58.1 Å². The van der Waals surface area contributed by atoms with Crippen molar-refractivity contribution in [2.45, 2.75) is 38.6 Å². The molecule has 3 aromatic rings. The molecule has 2 atom stereocenters. The minimum absolute atomic E-state index is 0.124. The maximum atomic E-state index is 14.0. The SMILES string of the molecule is C[C@H](C#N)Nc1cc(-c2ccc3cc(C#N)cnn23)ncc1C(=O)NCC(F)C(C)(C)O. The van der Waals surface area contributed by atoms with Crippen LogP contribution in [0.15, 0.2) is 36.7 Å². The van der Waals surface area contributed by atoms with Crippen molar-refractivity contribution >= 4 is 17.1 Å². The smallest absolute Gasteiger partial charge is 0.255 e. The molecule has 0 fully saturated rings. The van der Waals surface area contributed by atoms with Crippen molar-refractivity contribution in [1.29, 1.82) is 10.5 Å². The molecule has 32 heavy (non-hydrogen) atoms. The van der Waals surface area contributed by atoms with Crippen LogP contribution in [-0.2, 0) is 0 Å². The van der Waals surface area contributed by atoms with Crippen molar-refractivity contribution < 1.29 is 14.3 Å². The molecule has 0 aliphatic heterocycles. The first kappa shape index (κ1) is 22.7. The summed E-state index contributed by atoms with van der Waals surface area (Å²) in [6.45, 7) is 3.88. The number of carbonyl (C=O) groups is 1. The van der Waals surface area contributed by atoms with E-state index in [0.29, 0.717) is 28.2 Å². The predicted molar refractivity (Wildman–Crippen MR) is 115 cm³/mol. The Morgan fingerprint density at radius 3 is 2.72 bits per heavy atom. The molecule has 164 valence electrons. The molecule has 0 saturated heterocycles. The molecule has 0 radical (unpaired) electrons. The molecular formula is C22H22FN7O2. The second-order valence-electron chi connectivity index (χ2n) is 7.85. The van der Waals surface area contributed by atoms with Gasteiger partial charge in [-0.2, -0.15) is 15.6 Å². The maximum absolute atomic E-state index is 14.0. The summed E-state index contributed by atoms with van der Waals surface area (Å²) in [5, 5.41) is 37.6. The van der Waals surface area contributed by atoms with E-state index < -0.39 is 23.7 Å². The number of nitriles is 2. The fourth-order valence-corrected chi connectivity index (χ4v) is 2.94. The third kappa shape index (κ3) is 4.82. The van der Waals surface area contributed by atoms with E-state index in [4.69, 9.17) is 5.26 Å². The van der Waals surface area contributed by atoms with Crippen LogP contribution in [0.25, 0.3) is 16.9 Å². The summed E-state index contributed by atoms with van der Waals surface area (Å²) in [5.41, 5.74) is 1.08. The fourth-order valence-electron chi connectivity index (χ4n) is 2.94. The molecule has 9 nitrogen and oxygen atoms in total. The highest BCUT2D eigenvalue weighted by Gasteiger charge is 2.27. The number of halogens is 1. The van der Waals surface area contributed by atoms with Crippen LogP contribution in [-0.4, -0.2) is 50.0 Å². The number of pyridine rings is 1. The van der Waals surface area contributed by atoms with Gasteiger partial charge in [0.25, 0.3) is 5.91 Å². The first-order chi connectivity index (χ1) is 15.1. The molecule has 10 heteroatoms. The van der Waals surface area contributed by atoms with Gasteiger partial charge in [-0.1, -0.05) is 0 Å². The number of nitrogens with zero attached hydrogens (tertiary/aromatic N) is 5. The van der Waals surface area contributed by atoms with Gasteiger partial charge in [-0.25, -0.2) is 8.91 Å². The minimum Gasteiger partial charge on any atom is -0.387 e. The zero-order chi connectivity index (χ0) is 23.5. The summed E-state index contributed by atoms with van der Waals surface area (Å²) in [6, 6.07) is 10.3. The van der Waals surface area contributed by atoms with Gasteiger partial charge in [0.2, 0.25) is 0 Å². The molecule has 0 spiro atoms. The molecule has 3 aromatic heterocycles. The lowest BCUT2D eigenvalue weighted by Crippen LogP contribution is -2.42. The summed E-state index contributed by atoms with van der Waals surface area (Å²) in [6.07, 6.45) is 1.10. The highest BCUT2D eigenvalue weighted by atomic mass is 19.1. The maximum Gasteiger partial charge on any atom is 0.255 e. The first-order valence-electron chi connectivity index (χ1n) is 9.83. The third-order valence-corrected chi connectivity index (χ3v) is 4.81. The van der Waals surface area contributed by atoms with Gasteiger partial charge in [-0.3, -0.25) is 9.78 Å². The van der Waals surface area contributed by atoms with Crippen molar-refractivity contribution in [1.82, 2.24) is 19.9 Å². The van der Waals surface area contributed by atoms with Crippen molar-refractivity contribution in [2.24, 2.45) is 0 Å². The molecule has 3 heterocycles. The number of alkyl halides is 1. The van der Waals surface area contributed by atoms with Crippen LogP contribution in [0.4, 0.5) is 10.1 Å². The van der Waals surface area contributed by atoms with Crippen molar-refractivity contribution in [2.75, 3.05) is 11.9 Å². The van der Waals surface area contributed by atoms with E-state index in [1.807, 2.05) is 12.1 Å². The van der Waals surface area contributed by atoms with Crippen LogP contribution in [0.5, 0.6) is 0 Å². The van der Waals surface area contributed by atoms with E-state index in [0.717, 1.165) is 0 Å². The number of rotatable bonds is 7. The number of fused-ring (bicyclic) bond motifs is 1. The van der Waals surface area contributed by atoms with Crippen LogP contribution in [0.3, 0.4) is 0 Å². The van der Waals surface area contributed by atoms with Gasteiger partial charge in [0, 0.05) is 6.20 Å². The molecule has 0 aliphatic carbocycles. The van der Waals surface area contributed by atoms with Crippen LogP contribution >= 0.6 is 0 Å². The average Bonchev–Trinajstić information content (AvgIpc) is 3.19. The predicted octanol–water partition coefficient (Wildman–Crippen LogP) is 2.43. The Balaban J connectivity index is 1.96. The monoisotopic (exact) mass is 435 g/mol. The van der Waals surface area contributed by atoms with Crippen molar-refractivity contribution in [3.05, 3.63) is 47.8 Å². The normalized spacial score (nSPS) is 13.1. The van der Waals surface area contributed by atoms with Gasteiger partial charge in [-0.05, 0) is 45.0 Å².